The van der Waals surface area contributed by atoms with Gasteiger partial charge in [0.2, 0.25) is 0 Å². The molecule has 0 heterocycles. The van der Waals surface area contributed by atoms with Crippen LogP contribution in [0.5, 0.6) is 0 Å². The molecule has 1 aromatic carbocycles. The van der Waals surface area contributed by atoms with E-state index < -0.39 is 0 Å². The number of carbonyl (C=O) groups is 1. The van der Waals surface area contributed by atoms with E-state index >= 15 is 0 Å². The van der Waals surface area contributed by atoms with Crippen LogP contribution >= 0.6 is 15.9 Å². The molecule has 0 spiro atoms. The molecule has 2 heteroatoms. The third-order valence-corrected chi connectivity index (χ3v) is 3.13. The fraction of sp³-hybridized carbons (Fsp3) is 0.417. The van der Waals surface area contributed by atoms with Crippen LogP contribution in [-0.2, 0) is 0 Å². The van der Waals surface area contributed by atoms with Crippen molar-refractivity contribution in [1.82, 2.24) is 0 Å². The lowest BCUT2D eigenvalue weighted by Gasteiger charge is -2.20. The van der Waals surface area contributed by atoms with E-state index in [2.05, 4.69) is 15.9 Å². The maximum absolute atomic E-state index is 12.0. The molecule has 0 unspecified atom stereocenters. The number of ketones is 1. The summed E-state index contributed by atoms with van der Waals surface area (Å²) in [6, 6.07) is 7.53. The molecule has 0 saturated heterocycles. The Balaban J connectivity index is 2.96. The van der Waals surface area contributed by atoms with E-state index in [-0.39, 0.29) is 11.2 Å². The van der Waals surface area contributed by atoms with Gasteiger partial charge in [-0.15, -0.1) is 0 Å². The van der Waals surface area contributed by atoms with Crippen molar-refractivity contribution in [3.8, 4) is 0 Å². The Hall–Kier alpha value is -0.630. The number of hydrogen-bond acceptors (Lipinski definition) is 1. The Morgan fingerprint density at radius 3 is 2.21 bits per heavy atom. The Morgan fingerprint density at radius 2 is 1.79 bits per heavy atom. The van der Waals surface area contributed by atoms with E-state index in [1.165, 1.54) is 0 Å². The number of carbonyl (C=O) groups excluding carboxylic acids is 1. The van der Waals surface area contributed by atoms with Crippen molar-refractivity contribution in [2.24, 2.45) is 5.41 Å². The molecule has 0 aliphatic carbocycles. The van der Waals surface area contributed by atoms with Crippen molar-refractivity contribution in [2.75, 3.05) is 0 Å². The topological polar surface area (TPSA) is 17.1 Å². The Morgan fingerprint density at radius 1 is 1.29 bits per heavy atom. The highest BCUT2D eigenvalue weighted by atomic mass is 79.9. The summed E-state index contributed by atoms with van der Waals surface area (Å²) < 4.78 is 1.00. The van der Waals surface area contributed by atoms with Gasteiger partial charge in [0.15, 0.2) is 5.78 Å². The van der Waals surface area contributed by atoms with Gasteiger partial charge in [-0.1, -0.05) is 48.8 Å². The van der Waals surface area contributed by atoms with Gasteiger partial charge < -0.3 is 0 Å². The minimum absolute atomic E-state index is 0.215. The predicted molar refractivity (Wildman–Crippen MR) is 62.5 cm³/mol. The molecule has 0 aromatic heterocycles. The summed E-state index contributed by atoms with van der Waals surface area (Å²) >= 11 is 3.35. The zero-order valence-electron chi connectivity index (χ0n) is 8.80. The first-order valence-corrected chi connectivity index (χ1v) is 5.57. The summed E-state index contributed by atoms with van der Waals surface area (Å²) in [6.07, 6.45) is 0.863. The minimum Gasteiger partial charge on any atom is -0.294 e. The predicted octanol–water partition coefficient (Wildman–Crippen LogP) is 4.07. The molecule has 0 radical (unpaired) electrons. The monoisotopic (exact) mass is 254 g/mol. The average molecular weight is 255 g/mol. The van der Waals surface area contributed by atoms with Crippen LogP contribution in [0, 0.1) is 5.41 Å². The zero-order valence-corrected chi connectivity index (χ0v) is 10.4. The van der Waals surface area contributed by atoms with Crippen molar-refractivity contribution in [3.63, 3.8) is 0 Å². The smallest absolute Gasteiger partial charge is 0.168 e. The number of rotatable bonds is 3. The number of Topliss-reactive ketones (excluding diaryl/α,β-unsaturated/α-hetero) is 1. The molecule has 0 amide bonds. The Labute approximate surface area is 93.7 Å². The lowest BCUT2D eigenvalue weighted by molar-refractivity contribution is 0.0833. The highest BCUT2D eigenvalue weighted by molar-refractivity contribution is 9.10. The second-order valence-electron chi connectivity index (χ2n) is 4.07. The normalized spacial score (nSPS) is 11.4. The molecule has 1 aromatic rings. The number of hydrogen-bond donors (Lipinski definition) is 0. The maximum Gasteiger partial charge on any atom is 0.168 e. The van der Waals surface area contributed by atoms with Crippen molar-refractivity contribution >= 4 is 21.7 Å². The SMILES string of the molecule is CCC(C)(C)C(=O)c1ccc(Br)cc1. The van der Waals surface area contributed by atoms with E-state index in [0.717, 1.165) is 16.5 Å². The van der Waals surface area contributed by atoms with Crippen molar-refractivity contribution < 1.29 is 4.79 Å². The first-order valence-electron chi connectivity index (χ1n) is 4.78. The molecule has 0 atom stereocenters. The highest BCUT2D eigenvalue weighted by Gasteiger charge is 2.26. The van der Waals surface area contributed by atoms with Gasteiger partial charge in [0.05, 0.1) is 0 Å². The number of halogens is 1. The third kappa shape index (κ3) is 2.44. The number of benzene rings is 1. The van der Waals surface area contributed by atoms with Gasteiger partial charge >= 0.3 is 0 Å². The summed E-state index contributed by atoms with van der Waals surface area (Å²) in [5.74, 6) is 0.215. The average Bonchev–Trinajstić information content (AvgIpc) is 2.18. The first kappa shape index (κ1) is 11.4. The molecule has 1 nitrogen and oxygen atoms in total. The largest absolute Gasteiger partial charge is 0.294 e. The lowest BCUT2D eigenvalue weighted by atomic mass is 9.82. The van der Waals surface area contributed by atoms with Gasteiger partial charge in [-0.3, -0.25) is 4.79 Å². The summed E-state index contributed by atoms with van der Waals surface area (Å²) in [5, 5.41) is 0. The van der Waals surface area contributed by atoms with Crippen LogP contribution in [0.4, 0.5) is 0 Å². The van der Waals surface area contributed by atoms with E-state index in [1.807, 2.05) is 45.0 Å². The molecule has 1 rings (SSSR count). The van der Waals surface area contributed by atoms with Crippen LogP contribution in [0.3, 0.4) is 0 Å². The van der Waals surface area contributed by atoms with E-state index in [4.69, 9.17) is 0 Å². The Kier molecular flexibility index (Phi) is 3.48. The van der Waals surface area contributed by atoms with Gasteiger partial charge in [0.1, 0.15) is 0 Å². The fourth-order valence-corrected chi connectivity index (χ4v) is 1.42. The Bertz CT molecular complexity index is 325. The van der Waals surface area contributed by atoms with Gasteiger partial charge in [-0.05, 0) is 18.6 Å². The lowest BCUT2D eigenvalue weighted by Crippen LogP contribution is -2.23. The van der Waals surface area contributed by atoms with E-state index in [1.54, 1.807) is 0 Å². The van der Waals surface area contributed by atoms with Crippen LogP contribution < -0.4 is 0 Å². The van der Waals surface area contributed by atoms with Gasteiger partial charge in [0, 0.05) is 15.5 Å². The van der Waals surface area contributed by atoms with E-state index in [9.17, 15) is 4.79 Å². The third-order valence-electron chi connectivity index (χ3n) is 2.60. The van der Waals surface area contributed by atoms with Crippen LogP contribution in [0.2, 0.25) is 0 Å². The molecule has 0 N–H and O–H groups in total. The van der Waals surface area contributed by atoms with Gasteiger partial charge in [-0.25, -0.2) is 0 Å². The molecular weight excluding hydrogens is 240 g/mol. The maximum atomic E-state index is 12.0. The first-order chi connectivity index (χ1) is 6.47. The van der Waals surface area contributed by atoms with Crippen LogP contribution in [0.15, 0.2) is 28.7 Å². The summed E-state index contributed by atoms with van der Waals surface area (Å²) in [6.45, 7) is 6.01. The highest BCUT2D eigenvalue weighted by Crippen LogP contribution is 2.26. The molecule has 0 aliphatic heterocycles. The van der Waals surface area contributed by atoms with Gasteiger partial charge in [-0.2, -0.15) is 0 Å². The second kappa shape index (κ2) is 4.26. The van der Waals surface area contributed by atoms with Gasteiger partial charge in [0.25, 0.3) is 0 Å². The van der Waals surface area contributed by atoms with Crippen molar-refractivity contribution in [2.45, 2.75) is 27.2 Å². The standard InChI is InChI=1S/C12H15BrO/c1-4-12(2,3)11(14)9-5-7-10(13)8-6-9/h5-8H,4H2,1-3H3. The molecule has 0 aliphatic rings. The fourth-order valence-electron chi connectivity index (χ4n) is 1.15. The zero-order chi connectivity index (χ0) is 10.8. The second-order valence-corrected chi connectivity index (χ2v) is 4.99. The van der Waals surface area contributed by atoms with Crippen molar-refractivity contribution in [3.05, 3.63) is 34.3 Å². The minimum atomic E-state index is -0.256. The van der Waals surface area contributed by atoms with Crippen LogP contribution in [-0.4, -0.2) is 5.78 Å². The van der Waals surface area contributed by atoms with Crippen LogP contribution in [0.1, 0.15) is 37.6 Å². The molecule has 0 saturated carbocycles. The summed E-state index contributed by atoms with van der Waals surface area (Å²) in [4.78, 5) is 12.0. The molecule has 0 bridgehead atoms. The molecular formula is C12H15BrO. The van der Waals surface area contributed by atoms with Crippen molar-refractivity contribution in [1.29, 1.82) is 0 Å². The molecule has 14 heavy (non-hydrogen) atoms. The van der Waals surface area contributed by atoms with E-state index in [0.29, 0.717) is 0 Å². The quantitative estimate of drug-likeness (QED) is 0.744. The molecule has 76 valence electrons. The summed E-state index contributed by atoms with van der Waals surface area (Å²) in [7, 11) is 0. The molecule has 0 fully saturated rings. The van der Waals surface area contributed by atoms with Crippen LogP contribution in [0.25, 0.3) is 0 Å². The summed E-state index contributed by atoms with van der Waals surface area (Å²) in [5.41, 5.74) is 0.536.